The fourth-order valence-corrected chi connectivity index (χ4v) is 6.81. The van der Waals surface area contributed by atoms with Gasteiger partial charge in [0.25, 0.3) is 15.9 Å². The SMILES string of the molecule is Cc1ccc(S(=O)(=O)Nc2ccc3c(c2)C(=O)N([C@H](C)CO)C[C@@H](C)[C@@H](CN(C)S(=O)(=O)c2ccc(F)cc2)O3)cc1. The summed E-state index contributed by atoms with van der Waals surface area (Å²) >= 11 is 0. The number of amides is 1. The van der Waals surface area contributed by atoms with Crippen molar-refractivity contribution in [2.75, 3.05) is 31.5 Å². The molecular weight excluding hydrogens is 585 g/mol. The van der Waals surface area contributed by atoms with Crippen molar-refractivity contribution in [3.05, 3.63) is 83.7 Å². The number of ether oxygens (including phenoxy) is 1. The highest BCUT2D eigenvalue weighted by Crippen LogP contribution is 2.32. The van der Waals surface area contributed by atoms with Crippen LogP contribution < -0.4 is 9.46 Å². The summed E-state index contributed by atoms with van der Waals surface area (Å²) in [6, 6.07) is 14.5. The van der Waals surface area contributed by atoms with E-state index in [2.05, 4.69) is 4.72 Å². The Morgan fingerprint density at radius 3 is 2.29 bits per heavy atom. The first-order valence-electron chi connectivity index (χ1n) is 13.3. The van der Waals surface area contributed by atoms with Crippen LogP contribution in [0.15, 0.2) is 76.5 Å². The number of likely N-dealkylation sites (N-methyl/N-ethyl adjacent to an activating group) is 1. The minimum Gasteiger partial charge on any atom is -0.488 e. The van der Waals surface area contributed by atoms with E-state index in [1.54, 1.807) is 19.1 Å². The summed E-state index contributed by atoms with van der Waals surface area (Å²) in [5.74, 6) is -1.27. The summed E-state index contributed by atoms with van der Waals surface area (Å²) in [5, 5.41) is 9.89. The first-order valence-corrected chi connectivity index (χ1v) is 16.2. The standard InChI is InChI=1S/C29H34FN3O7S2/c1-19-5-10-24(11-6-19)41(36,37)31-23-9-14-27-26(15-23)29(35)33(21(3)18-34)16-20(2)28(40-27)17-32(4)42(38,39)25-12-7-22(30)8-13-25/h5-15,20-21,28,31,34H,16-18H2,1-4H3/t20-,21-,28-/m1/s1. The highest BCUT2D eigenvalue weighted by Gasteiger charge is 2.35. The van der Waals surface area contributed by atoms with Crippen LogP contribution in [-0.4, -0.2) is 75.9 Å². The van der Waals surface area contributed by atoms with Crippen LogP contribution in [-0.2, 0) is 20.0 Å². The Morgan fingerprint density at radius 1 is 1.05 bits per heavy atom. The van der Waals surface area contributed by atoms with Gasteiger partial charge in [-0.05, 0) is 68.4 Å². The zero-order valence-corrected chi connectivity index (χ0v) is 25.3. The van der Waals surface area contributed by atoms with Crippen LogP contribution in [0.4, 0.5) is 10.1 Å². The van der Waals surface area contributed by atoms with Gasteiger partial charge in [0.2, 0.25) is 10.0 Å². The molecule has 1 aliphatic rings. The van der Waals surface area contributed by atoms with Gasteiger partial charge in [-0.15, -0.1) is 0 Å². The minimum atomic E-state index is -3.99. The quantitative estimate of drug-likeness (QED) is 0.375. The lowest BCUT2D eigenvalue weighted by Gasteiger charge is -2.38. The van der Waals surface area contributed by atoms with E-state index in [4.69, 9.17) is 4.74 Å². The third-order valence-corrected chi connectivity index (χ3v) is 10.4. The van der Waals surface area contributed by atoms with E-state index >= 15 is 0 Å². The molecule has 10 nitrogen and oxygen atoms in total. The lowest BCUT2D eigenvalue weighted by Crippen LogP contribution is -2.50. The van der Waals surface area contributed by atoms with Crippen molar-refractivity contribution in [1.29, 1.82) is 0 Å². The fraction of sp³-hybridized carbons (Fsp3) is 0.345. The molecule has 0 unspecified atom stereocenters. The molecule has 0 saturated heterocycles. The molecule has 4 rings (SSSR count). The Hall–Kier alpha value is -3.52. The summed E-state index contributed by atoms with van der Waals surface area (Å²) in [4.78, 5) is 15.1. The fourth-order valence-electron chi connectivity index (χ4n) is 4.57. The lowest BCUT2D eigenvalue weighted by atomic mass is 9.99. The predicted octanol–water partition coefficient (Wildman–Crippen LogP) is 3.48. The minimum absolute atomic E-state index is 0.0530. The monoisotopic (exact) mass is 619 g/mol. The average Bonchev–Trinajstić information content (AvgIpc) is 2.95. The summed E-state index contributed by atoms with van der Waals surface area (Å²) in [6.45, 7) is 5.04. The van der Waals surface area contributed by atoms with Gasteiger partial charge in [0.15, 0.2) is 0 Å². The zero-order chi connectivity index (χ0) is 30.8. The molecule has 1 aliphatic heterocycles. The molecule has 0 spiro atoms. The van der Waals surface area contributed by atoms with Crippen molar-refractivity contribution in [3.63, 3.8) is 0 Å². The smallest absolute Gasteiger partial charge is 0.261 e. The van der Waals surface area contributed by atoms with E-state index in [0.29, 0.717) is 0 Å². The molecule has 13 heteroatoms. The van der Waals surface area contributed by atoms with E-state index in [9.17, 15) is 31.1 Å². The number of fused-ring (bicyclic) bond motifs is 1. The molecule has 42 heavy (non-hydrogen) atoms. The number of hydrogen-bond acceptors (Lipinski definition) is 7. The Morgan fingerprint density at radius 2 is 1.67 bits per heavy atom. The maximum atomic E-state index is 13.7. The third-order valence-electron chi connectivity index (χ3n) is 7.21. The molecular formula is C29H34FN3O7S2. The van der Waals surface area contributed by atoms with Crippen LogP contribution in [0, 0.1) is 18.7 Å². The maximum absolute atomic E-state index is 13.7. The average molecular weight is 620 g/mol. The Bertz CT molecular complexity index is 1650. The van der Waals surface area contributed by atoms with Crippen molar-refractivity contribution < 1.29 is 35.9 Å². The van der Waals surface area contributed by atoms with Crippen LogP contribution in [0.1, 0.15) is 29.8 Å². The number of anilines is 1. The van der Waals surface area contributed by atoms with Crippen LogP contribution in [0.5, 0.6) is 5.75 Å². The summed E-state index contributed by atoms with van der Waals surface area (Å²) in [6.07, 6.45) is -0.736. The van der Waals surface area contributed by atoms with Crippen LogP contribution in [0.2, 0.25) is 0 Å². The van der Waals surface area contributed by atoms with Gasteiger partial charge in [0, 0.05) is 25.2 Å². The van der Waals surface area contributed by atoms with Gasteiger partial charge in [-0.25, -0.2) is 21.2 Å². The molecule has 1 amide bonds. The Balaban J connectivity index is 1.68. The molecule has 0 saturated carbocycles. The van der Waals surface area contributed by atoms with Gasteiger partial charge in [-0.1, -0.05) is 24.6 Å². The highest BCUT2D eigenvalue weighted by molar-refractivity contribution is 7.92. The van der Waals surface area contributed by atoms with E-state index < -0.39 is 43.9 Å². The maximum Gasteiger partial charge on any atom is 0.261 e. The highest BCUT2D eigenvalue weighted by atomic mass is 32.2. The molecule has 3 aromatic carbocycles. The normalized spacial score (nSPS) is 18.5. The summed E-state index contributed by atoms with van der Waals surface area (Å²) in [5.41, 5.74) is 1.08. The van der Waals surface area contributed by atoms with Crippen LogP contribution >= 0.6 is 0 Å². The van der Waals surface area contributed by atoms with Crippen molar-refractivity contribution in [2.45, 2.75) is 42.7 Å². The molecule has 0 aromatic heterocycles. The van der Waals surface area contributed by atoms with Crippen LogP contribution in [0.3, 0.4) is 0 Å². The van der Waals surface area contributed by atoms with Gasteiger partial charge in [-0.3, -0.25) is 9.52 Å². The molecule has 1 heterocycles. The number of nitrogens with one attached hydrogen (secondary N) is 1. The molecule has 0 aliphatic carbocycles. The molecule has 3 atom stereocenters. The van der Waals surface area contributed by atoms with Crippen molar-refractivity contribution in [2.24, 2.45) is 5.92 Å². The topological polar surface area (TPSA) is 133 Å². The number of halogens is 1. The summed E-state index contributed by atoms with van der Waals surface area (Å²) < 4.78 is 75.6. The number of aryl methyl sites for hydroxylation is 1. The van der Waals surface area contributed by atoms with Gasteiger partial charge in [-0.2, -0.15) is 4.31 Å². The third kappa shape index (κ3) is 6.75. The molecule has 2 N–H and O–H groups in total. The Labute approximate surface area is 245 Å². The number of aliphatic hydroxyl groups excluding tert-OH is 1. The second-order valence-corrected chi connectivity index (χ2v) is 14.2. The van der Waals surface area contributed by atoms with Gasteiger partial charge >= 0.3 is 0 Å². The van der Waals surface area contributed by atoms with E-state index in [1.807, 2.05) is 13.8 Å². The van der Waals surface area contributed by atoms with Crippen molar-refractivity contribution in [3.8, 4) is 5.75 Å². The number of nitrogens with zero attached hydrogens (tertiary/aromatic N) is 2. The molecule has 0 radical (unpaired) electrons. The van der Waals surface area contributed by atoms with E-state index in [0.717, 1.165) is 22.0 Å². The number of sulfonamides is 2. The number of hydrogen-bond donors (Lipinski definition) is 2. The Kier molecular flexibility index (Phi) is 9.26. The largest absolute Gasteiger partial charge is 0.488 e. The van der Waals surface area contributed by atoms with Gasteiger partial charge in [0.05, 0.1) is 34.5 Å². The summed E-state index contributed by atoms with van der Waals surface area (Å²) in [7, 11) is -6.56. The number of aliphatic hydroxyl groups is 1. The molecule has 3 aromatic rings. The molecule has 0 fully saturated rings. The number of benzene rings is 3. The first-order chi connectivity index (χ1) is 19.7. The van der Waals surface area contributed by atoms with E-state index in [1.165, 1.54) is 54.4 Å². The second kappa shape index (κ2) is 12.4. The number of carbonyl (C=O) groups excluding carboxylic acids is 1. The zero-order valence-electron chi connectivity index (χ0n) is 23.7. The van der Waals surface area contributed by atoms with Crippen molar-refractivity contribution >= 4 is 31.6 Å². The predicted molar refractivity (Wildman–Crippen MR) is 156 cm³/mol. The van der Waals surface area contributed by atoms with Crippen molar-refractivity contribution in [1.82, 2.24) is 9.21 Å². The lowest BCUT2D eigenvalue weighted by molar-refractivity contribution is 0.0387. The number of rotatable bonds is 9. The van der Waals surface area contributed by atoms with Gasteiger partial charge < -0.3 is 14.7 Å². The van der Waals surface area contributed by atoms with Gasteiger partial charge in [0.1, 0.15) is 17.7 Å². The molecule has 226 valence electrons. The number of carbonyl (C=O) groups is 1. The second-order valence-electron chi connectivity index (χ2n) is 10.5. The van der Waals surface area contributed by atoms with Crippen LogP contribution in [0.25, 0.3) is 0 Å². The van der Waals surface area contributed by atoms with E-state index in [-0.39, 0.29) is 52.4 Å². The first kappa shape index (κ1) is 31.4. The molecule has 0 bridgehead atoms.